The van der Waals surface area contributed by atoms with Crippen LogP contribution < -0.4 is 10.5 Å². The van der Waals surface area contributed by atoms with Gasteiger partial charge in [0.15, 0.2) is 0 Å². The van der Waals surface area contributed by atoms with E-state index in [0.29, 0.717) is 12.0 Å². The molecule has 0 spiro atoms. The highest BCUT2D eigenvalue weighted by atomic mass is 79.9. The van der Waals surface area contributed by atoms with E-state index in [9.17, 15) is 4.39 Å². The summed E-state index contributed by atoms with van der Waals surface area (Å²) in [5, 5.41) is 0. The molecule has 0 heterocycles. The fourth-order valence-corrected chi connectivity index (χ4v) is 2.34. The zero-order valence-corrected chi connectivity index (χ0v) is 12.2. The first-order chi connectivity index (χ1) is 9.10. The van der Waals surface area contributed by atoms with Crippen molar-refractivity contribution in [3.05, 3.63) is 63.9 Å². The lowest BCUT2D eigenvalue weighted by molar-refractivity contribution is 0.413. The van der Waals surface area contributed by atoms with Crippen LogP contribution >= 0.6 is 15.9 Å². The van der Waals surface area contributed by atoms with Crippen molar-refractivity contribution in [1.82, 2.24) is 0 Å². The van der Waals surface area contributed by atoms with Crippen LogP contribution in [-0.2, 0) is 6.42 Å². The molecule has 0 amide bonds. The first-order valence-electron chi connectivity index (χ1n) is 5.93. The van der Waals surface area contributed by atoms with E-state index in [1.165, 1.54) is 6.07 Å². The highest BCUT2D eigenvalue weighted by Crippen LogP contribution is 2.23. The van der Waals surface area contributed by atoms with Crippen LogP contribution in [0.15, 0.2) is 46.9 Å². The average molecular weight is 324 g/mol. The van der Waals surface area contributed by atoms with Crippen LogP contribution in [0.5, 0.6) is 5.75 Å². The average Bonchev–Trinajstić information content (AvgIpc) is 2.43. The lowest BCUT2D eigenvalue weighted by Crippen LogP contribution is -2.14. The Balaban J connectivity index is 2.20. The van der Waals surface area contributed by atoms with Crippen molar-refractivity contribution in [3.8, 4) is 5.75 Å². The summed E-state index contributed by atoms with van der Waals surface area (Å²) in [6.45, 7) is 0. The summed E-state index contributed by atoms with van der Waals surface area (Å²) in [7, 11) is 1.61. The van der Waals surface area contributed by atoms with E-state index in [2.05, 4.69) is 15.9 Å². The van der Waals surface area contributed by atoms with Crippen LogP contribution in [-0.4, -0.2) is 7.11 Å². The Kier molecular flexibility index (Phi) is 4.56. The summed E-state index contributed by atoms with van der Waals surface area (Å²) in [5.74, 6) is 0.518. The minimum absolute atomic E-state index is 0.235. The SMILES string of the molecule is COc1cccc(C(N)Cc2cc(Br)ccc2F)c1. The quantitative estimate of drug-likeness (QED) is 0.927. The molecule has 19 heavy (non-hydrogen) atoms. The number of rotatable bonds is 4. The Bertz CT molecular complexity index is 574. The van der Waals surface area contributed by atoms with Gasteiger partial charge in [-0.05, 0) is 47.9 Å². The van der Waals surface area contributed by atoms with Gasteiger partial charge >= 0.3 is 0 Å². The molecule has 0 aliphatic rings. The van der Waals surface area contributed by atoms with Crippen molar-refractivity contribution >= 4 is 15.9 Å². The maximum Gasteiger partial charge on any atom is 0.126 e. The summed E-state index contributed by atoms with van der Waals surface area (Å²) in [4.78, 5) is 0. The van der Waals surface area contributed by atoms with Gasteiger partial charge in [-0.1, -0.05) is 28.1 Å². The normalized spacial score (nSPS) is 12.2. The van der Waals surface area contributed by atoms with Gasteiger partial charge in [0.1, 0.15) is 11.6 Å². The Morgan fingerprint density at radius 1 is 1.26 bits per heavy atom. The smallest absolute Gasteiger partial charge is 0.126 e. The third kappa shape index (κ3) is 3.55. The summed E-state index contributed by atoms with van der Waals surface area (Å²) in [6.07, 6.45) is 0.443. The highest BCUT2D eigenvalue weighted by Gasteiger charge is 2.11. The summed E-state index contributed by atoms with van der Waals surface area (Å²) < 4.78 is 19.7. The maximum atomic E-state index is 13.7. The van der Waals surface area contributed by atoms with E-state index >= 15 is 0 Å². The van der Waals surface area contributed by atoms with Crippen molar-refractivity contribution < 1.29 is 9.13 Å². The molecule has 2 N–H and O–H groups in total. The fraction of sp³-hybridized carbons (Fsp3) is 0.200. The zero-order chi connectivity index (χ0) is 13.8. The Hall–Kier alpha value is -1.39. The molecule has 1 unspecified atom stereocenters. The molecule has 0 fully saturated rings. The Morgan fingerprint density at radius 2 is 2.05 bits per heavy atom. The number of hydrogen-bond acceptors (Lipinski definition) is 2. The van der Waals surface area contributed by atoms with E-state index in [-0.39, 0.29) is 11.9 Å². The Morgan fingerprint density at radius 3 is 2.79 bits per heavy atom. The molecule has 2 aromatic rings. The number of ether oxygens (including phenoxy) is 1. The van der Waals surface area contributed by atoms with E-state index in [1.54, 1.807) is 19.2 Å². The second-order valence-corrected chi connectivity index (χ2v) is 5.24. The van der Waals surface area contributed by atoms with E-state index in [1.807, 2.05) is 24.3 Å². The number of nitrogens with two attached hydrogens (primary N) is 1. The minimum Gasteiger partial charge on any atom is -0.497 e. The predicted molar refractivity (Wildman–Crippen MR) is 77.7 cm³/mol. The van der Waals surface area contributed by atoms with Crippen LogP contribution in [0.4, 0.5) is 4.39 Å². The fourth-order valence-electron chi connectivity index (χ4n) is 1.93. The van der Waals surface area contributed by atoms with Crippen LogP contribution in [0, 0.1) is 5.82 Å². The topological polar surface area (TPSA) is 35.2 Å². The second kappa shape index (κ2) is 6.17. The van der Waals surface area contributed by atoms with Gasteiger partial charge in [0.2, 0.25) is 0 Å². The third-order valence-electron chi connectivity index (χ3n) is 2.97. The maximum absolute atomic E-state index is 13.7. The minimum atomic E-state index is -0.265. The molecule has 2 aromatic carbocycles. The lowest BCUT2D eigenvalue weighted by atomic mass is 9.99. The van der Waals surface area contributed by atoms with Gasteiger partial charge < -0.3 is 10.5 Å². The molecule has 0 radical (unpaired) electrons. The van der Waals surface area contributed by atoms with Gasteiger partial charge in [0.05, 0.1) is 7.11 Å². The third-order valence-corrected chi connectivity index (χ3v) is 3.46. The molecule has 0 aliphatic carbocycles. The number of halogens is 2. The van der Waals surface area contributed by atoms with Gasteiger partial charge in [0.25, 0.3) is 0 Å². The molecular weight excluding hydrogens is 309 g/mol. The van der Waals surface area contributed by atoms with Crippen LogP contribution in [0.1, 0.15) is 17.2 Å². The molecule has 0 aromatic heterocycles. The molecule has 0 bridgehead atoms. The second-order valence-electron chi connectivity index (χ2n) is 4.32. The molecule has 2 rings (SSSR count). The van der Waals surface area contributed by atoms with E-state index in [4.69, 9.17) is 10.5 Å². The molecule has 0 aliphatic heterocycles. The molecule has 100 valence electrons. The van der Waals surface area contributed by atoms with E-state index in [0.717, 1.165) is 15.8 Å². The monoisotopic (exact) mass is 323 g/mol. The van der Waals surface area contributed by atoms with Gasteiger partial charge in [-0.15, -0.1) is 0 Å². The zero-order valence-electron chi connectivity index (χ0n) is 10.6. The lowest BCUT2D eigenvalue weighted by Gasteiger charge is -2.14. The van der Waals surface area contributed by atoms with Crippen molar-refractivity contribution in [2.45, 2.75) is 12.5 Å². The van der Waals surface area contributed by atoms with Crippen molar-refractivity contribution in [3.63, 3.8) is 0 Å². The van der Waals surface area contributed by atoms with Gasteiger partial charge in [-0.2, -0.15) is 0 Å². The predicted octanol–water partition coefficient (Wildman–Crippen LogP) is 3.84. The van der Waals surface area contributed by atoms with Crippen molar-refractivity contribution in [2.75, 3.05) is 7.11 Å². The number of methoxy groups -OCH3 is 1. The molecular formula is C15H15BrFNO. The summed E-state index contributed by atoms with van der Waals surface area (Å²) in [5.41, 5.74) is 7.66. The van der Waals surface area contributed by atoms with Crippen LogP contribution in [0.3, 0.4) is 0 Å². The molecule has 0 saturated carbocycles. The van der Waals surface area contributed by atoms with Gasteiger partial charge in [0, 0.05) is 10.5 Å². The van der Waals surface area contributed by atoms with Crippen molar-refractivity contribution in [2.24, 2.45) is 5.73 Å². The Labute approximate surface area is 120 Å². The van der Waals surface area contributed by atoms with Gasteiger partial charge in [-0.3, -0.25) is 0 Å². The molecule has 1 atom stereocenters. The molecule has 0 saturated heterocycles. The molecule has 2 nitrogen and oxygen atoms in total. The van der Waals surface area contributed by atoms with Crippen LogP contribution in [0.2, 0.25) is 0 Å². The first-order valence-corrected chi connectivity index (χ1v) is 6.73. The number of benzene rings is 2. The summed E-state index contributed by atoms with van der Waals surface area (Å²) in [6, 6.07) is 12.1. The highest BCUT2D eigenvalue weighted by molar-refractivity contribution is 9.10. The first kappa shape index (κ1) is 14.0. The molecule has 4 heteroatoms. The van der Waals surface area contributed by atoms with Gasteiger partial charge in [-0.25, -0.2) is 4.39 Å². The summed E-state index contributed by atoms with van der Waals surface area (Å²) >= 11 is 3.34. The number of hydrogen-bond donors (Lipinski definition) is 1. The standard InChI is InChI=1S/C15H15BrFNO/c1-19-13-4-2-3-10(8-13)15(18)9-11-7-12(16)5-6-14(11)17/h2-8,15H,9,18H2,1H3. The van der Waals surface area contributed by atoms with E-state index < -0.39 is 0 Å². The largest absolute Gasteiger partial charge is 0.497 e. The van der Waals surface area contributed by atoms with Crippen LogP contribution in [0.25, 0.3) is 0 Å². The van der Waals surface area contributed by atoms with Crippen molar-refractivity contribution in [1.29, 1.82) is 0 Å².